The standard InChI is InChI=1S/C30H25Cl2N3O4S2/c1-2-3-15-39-21-12-9-19(10-13-21)26(36)24-25(20-11-14-22(31)23(32)16-20)35(28(38)27(24)37)29-33-34-30(41-29)40-17-18-7-5-4-6-8-18/h4-14,16,25,36H,2-3,15,17H2,1H3/b26-24+. The third-order valence-electron chi connectivity index (χ3n) is 6.41. The maximum atomic E-state index is 13.5. The molecule has 1 atom stereocenters. The number of aliphatic hydroxyl groups is 1. The number of amides is 1. The molecule has 1 N–H and O–H groups in total. The molecule has 5 rings (SSSR count). The van der Waals surface area contributed by atoms with Gasteiger partial charge in [0.05, 0.1) is 28.3 Å². The monoisotopic (exact) mass is 625 g/mol. The summed E-state index contributed by atoms with van der Waals surface area (Å²) in [5, 5.41) is 20.7. The summed E-state index contributed by atoms with van der Waals surface area (Å²) in [7, 11) is 0. The Balaban J connectivity index is 1.51. The second-order valence-corrected chi connectivity index (χ2v) is 12.2. The van der Waals surface area contributed by atoms with Crippen molar-refractivity contribution in [2.24, 2.45) is 0 Å². The first kappa shape index (κ1) is 29.1. The molecule has 41 heavy (non-hydrogen) atoms. The number of benzene rings is 3. The molecule has 1 unspecified atom stereocenters. The fourth-order valence-electron chi connectivity index (χ4n) is 4.30. The van der Waals surface area contributed by atoms with Gasteiger partial charge in [0.25, 0.3) is 5.78 Å². The molecule has 0 saturated carbocycles. The molecule has 4 aromatic rings. The first-order valence-corrected chi connectivity index (χ1v) is 15.4. The van der Waals surface area contributed by atoms with Crippen molar-refractivity contribution in [1.82, 2.24) is 10.2 Å². The molecule has 1 aliphatic rings. The van der Waals surface area contributed by atoms with Crippen LogP contribution in [0.1, 0.15) is 42.5 Å². The molecule has 1 aliphatic heterocycles. The van der Waals surface area contributed by atoms with E-state index in [1.54, 1.807) is 42.5 Å². The topological polar surface area (TPSA) is 92.6 Å². The fraction of sp³-hybridized carbons (Fsp3) is 0.200. The Bertz CT molecular complexity index is 1590. The Hall–Kier alpha value is -3.37. The number of nitrogens with zero attached hydrogens (tertiary/aromatic N) is 3. The molecule has 0 spiro atoms. The summed E-state index contributed by atoms with van der Waals surface area (Å²) in [6.07, 6.45) is 1.93. The summed E-state index contributed by atoms with van der Waals surface area (Å²) in [5.74, 6) is -0.660. The minimum Gasteiger partial charge on any atom is -0.507 e. The zero-order valence-corrected chi connectivity index (χ0v) is 25.1. The van der Waals surface area contributed by atoms with Gasteiger partial charge in [-0.3, -0.25) is 14.5 Å². The van der Waals surface area contributed by atoms with Gasteiger partial charge in [0.2, 0.25) is 5.13 Å². The van der Waals surface area contributed by atoms with Crippen molar-refractivity contribution < 1.29 is 19.4 Å². The van der Waals surface area contributed by atoms with Crippen LogP contribution in [-0.2, 0) is 15.3 Å². The Kier molecular flexibility index (Phi) is 9.29. The van der Waals surface area contributed by atoms with Crippen LogP contribution in [0.5, 0.6) is 5.75 Å². The maximum absolute atomic E-state index is 13.5. The van der Waals surface area contributed by atoms with Crippen molar-refractivity contribution in [3.8, 4) is 5.75 Å². The molecule has 7 nitrogen and oxygen atoms in total. The Morgan fingerprint density at radius 1 is 1.02 bits per heavy atom. The maximum Gasteiger partial charge on any atom is 0.301 e. The lowest BCUT2D eigenvalue weighted by Crippen LogP contribution is -2.29. The number of carbonyl (C=O) groups is 2. The molecule has 1 saturated heterocycles. The second kappa shape index (κ2) is 13.1. The Morgan fingerprint density at radius 2 is 1.78 bits per heavy atom. The number of halogens is 2. The molecule has 210 valence electrons. The quantitative estimate of drug-likeness (QED) is 0.0477. The Labute approximate surface area is 255 Å². The highest BCUT2D eigenvalue weighted by Crippen LogP contribution is 2.45. The molecule has 0 radical (unpaired) electrons. The third kappa shape index (κ3) is 6.43. The average molecular weight is 627 g/mol. The lowest BCUT2D eigenvalue weighted by molar-refractivity contribution is -0.132. The Morgan fingerprint density at radius 3 is 2.49 bits per heavy atom. The molecule has 1 aromatic heterocycles. The number of hydrogen-bond acceptors (Lipinski definition) is 8. The largest absolute Gasteiger partial charge is 0.507 e. The molecular weight excluding hydrogens is 601 g/mol. The molecule has 1 amide bonds. The number of ether oxygens (including phenoxy) is 1. The van der Waals surface area contributed by atoms with Crippen molar-refractivity contribution >= 4 is 68.9 Å². The summed E-state index contributed by atoms with van der Waals surface area (Å²) in [4.78, 5) is 28.2. The number of hydrogen-bond donors (Lipinski definition) is 1. The van der Waals surface area contributed by atoms with Gasteiger partial charge in [0.1, 0.15) is 11.5 Å². The summed E-state index contributed by atoms with van der Waals surface area (Å²) in [6.45, 7) is 2.66. The van der Waals surface area contributed by atoms with E-state index in [9.17, 15) is 14.7 Å². The van der Waals surface area contributed by atoms with E-state index in [-0.39, 0.29) is 21.5 Å². The smallest absolute Gasteiger partial charge is 0.301 e. The highest BCUT2D eigenvalue weighted by molar-refractivity contribution is 8.00. The summed E-state index contributed by atoms with van der Waals surface area (Å²) in [5.41, 5.74) is 1.90. The van der Waals surface area contributed by atoms with E-state index in [0.717, 1.165) is 18.4 Å². The third-order valence-corrected chi connectivity index (χ3v) is 9.27. The molecular formula is C30H25Cl2N3O4S2. The van der Waals surface area contributed by atoms with E-state index in [1.807, 2.05) is 30.3 Å². The van der Waals surface area contributed by atoms with Crippen LogP contribution in [0.2, 0.25) is 10.0 Å². The normalized spacial score (nSPS) is 16.4. The van der Waals surface area contributed by atoms with E-state index in [0.29, 0.717) is 38.6 Å². The van der Waals surface area contributed by atoms with E-state index >= 15 is 0 Å². The van der Waals surface area contributed by atoms with E-state index in [2.05, 4.69) is 17.1 Å². The second-order valence-electron chi connectivity index (χ2n) is 9.19. The van der Waals surface area contributed by atoms with Gasteiger partial charge in [-0.15, -0.1) is 10.2 Å². The van der Waals surface area contributed by atoms with Crippen LogP contribution >= 0.6 is 46.3 Å². The van der Waals surface area contributed by atoms with Crippen molar-refractivity contribution in [2.45, 2.75) is 35.9 Å². The molecule has 3 aromatic carbocycles. The van der Waals surface area contributed by atoms with Gasteiger partial charge in [0, 0.05) is 11.3 Å². The van der Waals surface area contributed by atoms with Crippen molar-refractivity contribution in [3.63, 3.8) is 0 Å². The van der Waals surface area contributed by atoms with E-state index in [1.165, 1.54) is 28.0 Å². The van der Waals surface area contributed by atoms with Crippen LogP contribution in [0.4, 0.5) is 5.13 Å². The number of rotatable bonds is 10. The predicted octanol–water partition coefficient (Wildman–Crippen LogP) is 7.94. The van der Waals surface area contributed by atoms with Crippen LogP contribution in [-0.4, -0.2) is 33.6 Å². The number of aromatic nitrogens is 2. The molecule has 1 fully saturated rings. The summed E-state index contributed by atoms with van der Waals surface area (Å²) < 4.78 is 6.35. The molecule has 0 aliphatic carbocycles. The first-order chi connectivity index (χ1) is 19.9. The van der Waals surface area contributed by atoms with Gasteiger partial charge in [-0.05, 0) is 53.9 Å². The van der Waals surface area contributed by atoms with Gasteiger partial charge < -0.3 is 9.84 Å². The van der Waals surface area contributed by atoms with Crippen LogP contribution in [0.25, 0.3) is 5.76 Å². The van der Waals surface area contributed by atoms with Gasteiger partial charge in [0.15, 0.2) is 4.34 Å². The number of carbonyl (C=O) groups excluding carboxylic acids is 2. The summed E-state index contributed by atoms with van der Waals surface area (Å²) in [6, 6.07) is 20.5. The number of thioether (sulfide) groups is 1. The highest BCUT2D eigenvalue weighted by atomic mass is 35.5. The number of ketones is 1. The minimum atomic E-state index is -0.995. The minimum absolute atomic E-state index is 0.0817. The highest BCUT2D eigenvalue weighted by Gasteiger charge is 2.48. The van der Waals surface area contributed by atoms with Crippen molar-refractivity contribution in [1.29, 1.82) is 0 Å². The van der Waals surface area contributed by atoms with Crippen LogP contribution in [0.3, 0.4) is 0 Å². The van der Waals surface area contributed by atoms with Gasteiger partial charge in [-0.25, -0.2) is 0 Å². The van der Waals surface area contributed by atoms with Crippen LogP contribution in [0.15, 0.2) is 82.7 Å². The van der Waals surface area contributed by atoms with Crippen molar-refractivity contribution in [3.05, 3.63) is 105 Å². The van der Waals surface area contributed by atoms with Gasteiger partial charge in [-0.1, -0.05) is 96.0 Å². The van der Waals surface area contributed by atoms with E-state index < -0.39 is 17.7 Å². The average Bonchev–Trinajstić information content (AvgIpc) is 3.56. The number of Topliss-reactive ketones (excluding diaryl/α,β-unsaturated/α-hetero) is 1. The molecule has 0 bridgehead atoms. The van der Waals surface area contributed by atoms with Crippen LogP contribution < -0.4 is 9.64 Å². The fourth-order valence-corrected chi connectivity index (χ4v) is 6.43. The van der Waals surface area contributed by atoms with Gasteiger partial charge >= 0.3 is 5.91 Å². The lowest BCUT2D eigenvalue weighted by atomic mass is 9.95. The van der Waals surface area contributed by atoms with E-state index in [4.69, 9.17) is 27.9 Å². The van der Waals surface area contributed by atoms with Crippen molar-refractivity contribution in [2.75, 3.05) is 11.5 Å². The van der Waals surface area contributed by atoms with Gasteiger partial charge in [-0.2, -0.15) is 0 Å². The number of aliphatic hydroxyl groups excluding tert-OH is 1. The zero-order valence-electron chi connectivity index (χ0n) is 21.9. The molecule has 2 heterocycles. The predicted molar refractivity (Wildman–Crippen MR) is 164 cm³/mol. The molecule has 11 heteroatoms. The number of anilines is 1. The zero-order chi connectivity index (χ0) is 28.9. The lowest BCUT2D eigenvalue weighted by Gasteiger charge is -2.23. The summed E-state index contributed by atoms with van der Waals surface area (Å²) >= 11 is 15.2. The number of unbranched alkanes of at least 4 members (excludes halogenated alkanes) is 1. The van der Waals surface area contributed by atoms with Crippen LogP contribution in [0, 0.1) is 0 Å². The first-order valence-electron chi connectivity index (χ1n) is 12.9. The SMILES string of the molecule is CCCCOc1ccc(/C(O)=C2\C(=O)C(=O)N(c3nnc(SCc4ccccc4)s3)C2c2ccc(Cl)c(Cl)c2)cc1.